The summed E-state index contributed by atoms with van der Waals surface area (Å²) in [5.74, 6) is 0. The van der Waals surface area contributed by atoms with E-state index >= 15 is 0 Å². The first kappa shape index (κ1) is 3.14. The van der Waals surface area contributed by atoms with Crippen molar-refractivity contribution in [2.45, 2.75) is 0 Å². The highest BCUT2D eigenvalue weighted by molar-refractivity contribution is 5.82. The molecule has 0 aromatic heterocycles. The summed E-state index contributed by atoms with van der Waals surface area (Å²) in [6, 6.07) is 2.09. The molecule has 0 N–H and O–H groups in total. The van der Waals surface area contributed by atoms with Gasteiger partial charge in [0.2, 0.25) is 0 Å². The summed E-state index contributed by atoms with van der Waals surface area (Å²) in [7, 11) is 0. The van der Waals surface area contributed by atoms with Crippen molar-refractivity contribution in [3.05, 3.63) is 28.7 Å². The Balaban J connectivity index is 2.80. The summed E-state index contributed by atoms with van der Waals surface area (Å²) < 4.78 is 0. The lowest BCUT2D eigenvalue weighted by molar-refractivity contribution is 2.02. The average Bonchev–Trinajstić information content (AvgIpc) is 2.23. The minimum atomic E-state index is 1.21. The molecule has 1 aromatic rings. The Bertz CT molecular complexity index is 277. The predicted molar refractivity (Wildman–Crippen MR) is 30.5 cm³/mol. The van der Waals surface area contributed by atoms with E-state index in [1.54, 1.807) is 0 Å². The van der Waals surface area contributed by atoms with Gasteiger partial charge in [-0.1, -0.05) is 0 Å². The number of allylic oxidation sites excluding steroid dienone is 2. The molecule has 0 saturated carbocycles. The molecule has 0 unspecified atom stereocenters. The fraction of sp³-hybridized carbons (Fsp3) is 0. The Morgan fingerprint density at radius 1 is 1.43 bits per heavy atom. The van der Waals surface area contributed by atoms with Crippen molar-refractivity contribution >= 4 is 12.2 Å². The quantitative estimate of drug-likeness (QED) is 0.392. The summed E-state index contributed by atoms with van der Waals surface area (Å²) in [6.07, 6.45) is 4.20. The van der Waals surface area contributed by atoms with Gasteiger partial charge in [-0.2, -0.15) is 0 Å². The first-order valence-corrected chi connectivity index (χ1v) is 2.34. The zero-order valence-electron chi connectivity index (χ0n) is 3.94. The van der Waals surface area contributed by atoms with Gasteiger partial charge in [-0.05, 0) is 12.2 Å². The molecule has 0 aliphatic heterocycles. The predicted octanol–water partition coefficient (Wildman–Crippen LogP) is -0.0259. The molecule has 32 valence electrons. The highest BCUT2D eigenvalue weighted by Crippen LogP contribution is 2.11. The summed E-state index contributed by atoms with van der Waals surface area (Å²) in [4.78, 5) is 0. The first-order chi connectivity index (χ1) is 3.38. The van der Waals surface area contributed by atoms with Gasteiger partial charge in [0.25, 0.3) is 0 Å². The van der Waals surface area contributed by atoms with Crippen molar-refractivity contribution in [1.29, 1.82) is 0 Å². The number of hydrogen-bond donors (Lipinski definition) is 0. The molecule has 0 fully saturated rings. The zero-order valence-corrected chi connectivity index (χ0v) is 3.94. The third kappa shape index (κ3) is 0.332. The van der Waals surface area contributed by atoms with Crippen LogP contribution in [0.3, 0.4) is 0 Å². The maximum atomic E-state index is 3.76. The molecule has 7 heavy (non-hydrogen) atoms. The molecule has 0 bridgehead atoms. The molecule has 0 nitrogen and oxygen atoms in total. The summed E-state index contributed by atoms with van der Waals surface area (Å²) >= 11 is 0. The Hall–Kier alpha value is -0.910. The monoisotopic (exact) mass is 89.0 g/mol. The summed E-state index contributed by atoms with van der Waals surface area (Å²) in [5.41, 5.74) is 1.38. The molecule has 0 heteroatoms. The van der Waals surface area contributed by atoms with Crippen LogP contribution in [0.2, 0.25) is 0 Å². The fourth-order valence-corrected chi connectivity index (χ4v) is 0.628. The van der Waals surface area contributed by atoms with Crippen LogP contribution in [0.15, 0.2) is 18.2 Å². The molecule has 0 atom stereocenters. The molecule has 1 aliphatic carbocycles. The van der Waals surface area contributed by atoms with Gasteiger partial charge in [0.15, 0.2) is 5.22 Å². The van der Waals surface area contributed by atoms with Gasteiger partial charge < -0.3 is 0 Å². The lowest BCUT2D eigenvalue weighted by Crippen LogP contribution is -1.92. The van der Waals surface area contributed by atoms with E-state index in [9.17, 15) is 0 Å². The molecule has 0 saturated heterocycles. The lowest BCUT2D eigenvalue weighted by atomic mass is 10.5. The molecular formula is C7H5+. The van der Waals surface area contributed by atoms with Crippen LogP contribution in [-0.4, -0.2) is 0 Å². The van der Waals surface area contributed by atoms with Gasteiger partial charge in [-0.3, -0.25) is 0 Å². The fourth-order valence-electron chi connectivity index (χ4n) is 0.628. The minimum Gasteiger partial charge on any atom is -0.00296 e. The largest absolute Gasteiger partial charge is 0.157 e. The second-order valence-electron chi connectivity index (χ2n) is 1.87. The molecular weight excluding hydrogens is 84.1 g/mol. The Morgan fingerprint density at radius 2 is 2.00 bits per heavy atom. The van der Waals surface area contributed by atoms with Crippen LogP contribution in [0.5, 0.6) is 0 Å². The van der Waals surface area contributed by atoms with E-state index in [0.717, 1.165) is 0 Å². The highest BCUT2D eigenvalue weighted by Gasteiger charge is 2.14. The van der Waals surface area contributed by atoms with Crippen molar-refractivity contribution < 1.29 is 0 Å². The van der Waals surface area contributed by atoms with Crippen molar-refractivity contribution in [2.24, 2.45) is 0 Å². The van der Waals surface area contributed by atoms with Crippen molar-refractivity contribution in [3.63, 3.8) is 0 Å². The zero-order chi connectivity index (χ0) is 4.85. The first-order valence-electron chi connectivity index (χ1n) is 2.34. The Kier molecular flexibility index (Phi) is 0.310. The van der Waals surface area contributed by atoms with Crippen LogP contribution >= 0.6 is 0 Å². The molecule has 0 heterocycles. The van der Waals surface area contributed by atoms with Gasteiger partial charge >= 0.3 is 0 Å². The number of hydrogen-bond acceptors (Lipinski definition) is 0. The Labute approximate surface area is 41.8 Å². The van der Waals surface area contributed by atoms with Gasteiger partial charge in [0.1, 0.15) is 5.22 Å². The normalized spacial score (nSPS) is 16.3. The second kappa shape index (κ2) is 0.692. The second-order valence-corrected chi connectivity index (χ2v) is 1.87. The third-order valence-electron chi connectivity index (χ3n) is 1.23. The maximum absolute atomic E-state index is 3.76. The van der Waals surface area contributed by atoms with Crippen LogP contribution in [0.25, 0.3) is 12.2 Å². The van der Waals surface area contributed by atoms with Crippen molar-refractivity contribution in [1.82, 2.24) is 0 Å². The van der Waals surface area contributed by atoms with Crippen molar-refractivity contribution in [2.75, 3.05) is 0 Å². The third-order valence-corrected chi connectivity index (χ3v) is 1.23. The van der Waals surface area contributed by atoms with Crippen LogP contribution in [-0.2, 0) is 0 Å². The number of rotatable bonds is 0. The van der Waals surface area contributed by atoms with E-state index in [1.807, 2.05) is 0 Å². The maximum Gasteiger partial charge on any atom is 0.157 e. The van der Waals surface area contributed by atoms with Gasteiger partial charge in [0.05, 0.1) is 11.6 Å². The SMILES string of the molecule is C=c1[cH+]c1=C1C=C1. The van der Waals surface area contributed by atoms with E-state index in [2.05, 4.69) is 24.8 Å². The standard InChI is InChI=1S/C7H5/c1-5-4-7(5)6-2-3-6/h2-4H,1H2/q+1. The smallest absolute Gasteiger partial charge is 0.00296 e. The van der Waals surface area contributed by atoms with Crippen LogP contribution in [0.1, 0.15) is 0 Å². The van der Waals surface area contributed by atoms with Crippen LogP contribution in [0.4, 0.5) is 0 Å². The van der Waals surface area contributed by atoms with E-state index in [0.29, 0.717) is 0 Å². The van der Waals surface area contributed by atoms with E-state index < -0.39 is 0 Å². The summed E-state index contributed by atoms with van der Waals surface area (Å²) in [5, 5.41) is 2.57. The van der Waals surface area contributed by atoms with Crippen molar-refractivity contribution in [3.8, 4) is 0 Å². The Morgan fingerprint density at radius 3 is 2.14 bits per heavy atom. The molecule has 2 rings (SSSR count). The van der Waals surface area contributed by atoms with E-state index in [1.165, 1.54) is 16.0 Å². The molecule has 0 spiro atoms. The molecule has 1 aromatic carbocycles. The van der Waals surface area contributed by atoms with Gasteiger partial charge in [0, 0.05) is 6.58 Å². The lowest BCUT2D eigenvalue weighted by Gasteiger charge is -1.40. The van der Waals surface area contributed by atoms with E-state index in [4.69, 9.17) is 0 Å². The average molecular weight is 89.1 g/mol. The van der Waals surface area contributed by atoms with Gasteiger partial charge in [-0.15, -0.1) is 0 Å². The highest BCUT2D eigenvalue weighted by atomic mass is 14.1. The molecule has 1 aliphatic rings. The van der Waals surface area contributed by atoms with Gasteiger partial charge in [-0.25, -0.2) is 0 Å². The van der Waals surface area contributed by atoms with Crippen LogP contribution < -0.4 is 10.4 Å². The topological polar surface area (TPSA) is 0 Å². The minimum absolute atomic E-state index is 1.21. The van der Waals surface area contributed by atoms with E-state index in [-0.39, 0.29) is 0 Å². The molecule has 0 radical (unpaired) electrons. The molecule has 0 amide bonds. The van der Waals surface area contributed by atoms with Crippen LogP contribution in [0, 0.1) is 0 Å². The summed E-state index contributed by atoms with van der Waals surface area (Å²) in [6.45, 7) is 3.76.